The lowest BCUT2D eigenvalue weighted by atomic mass is 10.6. The number of guanidine groups is 1. The van der Waals surface area contributed by atoms with Crippen LogP contribution in [0.3, 0.4) is 0 Å². The largest absolute Gasteiger partial charge is 0.381 e. The number of oxime groups is 1. The van der Waals surface area contributed by atoms with Crippen molar-refractivity contribution in [1.82, 2.24) is 10.2 Å². The maximum Gasteiger partial charge on any atom is 0.276 e. The fourth-order valence-electron chi connectivity index (χ4n) is 0.943. The third-order valence-electron chi connectivity index (χ3n) is 1.49. The molecule has 1 saturated heterocycles. The van der Waals surface area contributed by atoms with Crippen molar-refractivity contribution in [3.05, 3.63) is 10.1 Å². The van der Waals surface area contributed by atoms with Gasteiger partial charge >= 0.3 is 0 Å². The fraction of sp³-hybridized carbons (Fsp3) is 0.429. The molecule has 0 radical (unpaired) electrons. The molecule has 1 fully saturated rings. The molecule has 0 unspecified atom stereocenters. The molecule has 0 bridgehead atoms. The molecule has 1 aliphatic heterocycles. The lowest BCUT2D eigenvalue weighted by molar-refractivity contribution is -0.485. The number of hydrazone groups is 1. The minimum Gasteiger partial charge on any atom is -0.381 e. The number of rotatable bonds is 4. The van der Waals surface area contributed by atoms with E-state index in [1.54, 1.807) is 0 Å². The summed E-state index contributed by atoms with van der Waals surface area (Å²) in [6.45, 7) is 1.16. The van der Waals surface area contributed by atoms with E-state index in [1.807, 2.05) is 0 Å². The van der Waals surface area contributed by atoms with Crippen LogP contribution in [-0.2, 0) is 4.84 Å². The molecule has 80 valence electrons. The first-order chi connectivity index (χ1) is 7.24. The van der Waals surface area contributed by atoms with E-state index in [-0.39, 0.29) is 12.6 Å². The van der Waals surface area contributed by atoms with E-state index >= 15 is 0 Å². The molecule has 1 N–H and O–H groups in total. The molecule has 0 amide bonds. The van der Waals surface area contributed by atoms with Gasteiger partial charge in [-0.25, -0.2) is 10.1 Å². The first-order valence-corrected chi connectivity index (χ1v) is 4.06. The Balaban J connectivity index is 2.51. The lowest BCUT2D eigenvalue weighted by Crippen LogP contribution is -2.29. The zero-order chi connectivity index (χ0) is 11.1. The molecule has 0 atom stereocenters. The van der Waals surface area contributed by atoms with Gasteiger partial charge in [-0.15, -0.1) is 6.42 Å². The Bertz CT molecular complexity index is 332. The number of nitrogens with one attached hydrogen (secondary N) is 1. The van der Waals surface area contributed by atoms with E-state index in [0.29, 0.717) is 13.1 Å². The van der Waals surface area contributed by atoms with E-state index in [9.17, 15) is 10.1 Å². The molecule has 1 heterocycles. The molecule has 1 aliphatic rings. The summed E-state index contributed by atoms with van der Waals surface area (Å²) in [6, 6.07) is 0. The summed E-state index contributed by atoms with van der Waals surface area (Å²) in [7, 11) is 0. The highest BCUT2D eigenvalue weighted by atomic mass is 16.7. The van der Waals surface area contributed by atoms with E-state index in [2.05, 4.69) is 26.3 Å². The van der Waals surface area contributed by atoms with Gasteiger partial charge in [-0.2, -0.15) is 0 Å². The van der Waals surface area contributed by atoms with Crippen molar-refractivity contribution in [1.29, 1.82) is 0 Å². The molecule has 8 heteroatoms. The third-order valence-corrected chi connectivity index (χ3v) is 1.49. The van der Waals surface area contributed by atoms with Crippen molar-refractivity contribution in [2.75, 3.05) is 19.7 Å². The Morgan fingerprint density at radius 2 is 2.67 bits per heavy atom. The van der Waals surface area contributed by atoms with Gasteiger partial charge in [0.25, 0.3) is 5.96 Å². The van der Waals surface area contributed by atoms with Crippen molar-refractivity contribution in [3.8, 4) is 12.3 Å². The normalized spacial score (nSPS) is 17.8. The van der Waals surface area contributed by atoms with Crippen LogP contribution in [0.4, 0.5) is 0 Å². The van der Waals surface area contributed by atoms with Crippen LogP contribution in [0, 0.1) is 22.5 Å². The van der Waals surface area contributed by atoms with Gasteiger partial charge in [0.15, 0.2) is 11.6 Å². The molecule has 0 aromatic rings. The summed E-state index contributed by atoms with van der Waals surface area (Å²) in [6.07, 6.45) is 6.22. The highest BCUT2D eigenvalue weighted by molar-refractivity contribution is 5.91. The van der Waals surface area contributed by atoms with Gasteiger partial charge in [0.2, 0.25) is 0 Å². The summed E-state index contributed by atoms with van der Waals surface area (Å²) in [5.74, 6) is 2.36. The van der Waals surface area contributed by atoms with Gasteiger partial charge in [-0.3, -0.25) is 4.90 Å². The number of nitro groups is 1. The second kappa shape index (κ2) is 5.43. The summed E-state index contributed by atoms with van der Waals surface area (Å²) in [5, 5.41) is 18.7. The second-order valence-electron chi connectivity index (χ2n) is 2.48. The SMILES string of the molecule is C#CCON=CN1CCNC1=N[N+](=O)[O-]. The van der Waals surface area contributed by atoms with Crippen molar-refractivity contribution in [2.45, 2.75) is 0 Å². The Hall–Kier alpha value is -2.30. The van der Waals surface area contributed by atoms with Crippen LogP contribution in [0.1, 0.15) is 0 Å². The molecule has 0 aromatic heterocycles. The highest BCUT2D eigenvalue weighted by Crippen LogP contribution is 1.94. The number of terminal acetylenes is 1. The maximum absolute atomic E-state index is 10.1. The lowest BCUT2D eigenvalue weighted by Gasteiger charge is -2.06. The smallest absolute Gasteiger partial charge is 0.276 e. The average Bonchev–Trinajstić information content (AvgIpc) is 2.59. The topological polar surface area (TPSA) is 92.4 Å². The Morgan fingerprint density at radius 1 is 1.87 bits per heavy atom. The van der Waals surface area contributed by atoms with Crippen molar-refractivity contribution < 1.29 is 9.87 Å². The van der Waals surface area contributed by atoms with Crippen LogP contribution in [0.25, 0.3) is 0 Å². The molecule has 0 saturated carbocycles. The molecule has 0 aliphatic carbocycles. The first-order valence-electron chi connectivity index (χ1n) is 4.06. The zero-order valence-corrected chi connectivity index (χ0v) is 7.79. The number of hydrogen-bond acceptors (Lipinski definition) is 4. The first kappa shape index (κ1) is 10.8. The van der Waals surface area contributed by atoms with Crippen molar-refractivity contribution >= 4 is 12.3 Å². The zero-order valence-electron chi connectivity index (χ0n) is 7.79. The quantitative estimate of drug-likeness (QED) is 0.161. The van der Waals surface area contributed by atoms with Crippen LogP contribution < -0.4 is 5.32 Å². The molecule has 8 nitrogen and oxygen atoms in total. The van der Waals surface area contributed by atoms with Crippen LogP contribution in [-0.4, -0.2) is 41.9 Å². The second-order valence-corrected chi connectivity index (χ2v) is 2.48. The molecule has 0 spiro atoms. The summed E-state index contributed by atoms with van der Waals surface area (Å²) >= 11 is 0. The van der Waals surface area contributed by atoms with Gasteiger partial charge in [0.1, 0.15) is 11.4 Å². The van der Waals surface area contributed by atoms with Crippen molar-refractivity contribution in [3.63, 3.8) is 0 Å². The predicted octanol–water partition coefficient (Wildman–Crippen LogP) is -0.968. The van der Waals surface area contributed by atoms with Crippen molar-refractivity contribution in [2.24, 2.45) is 10.3 Å². The summed E-state index contributed by atoms with van der Waals surface area (Å²) < 4.78 is 0. The number of nitrogens with zero attached hydrogens (tertiary/aromatic N) is 4. The van der Waals surface area contributed by atoms with Crippen LogP contribution >= 0.6 is 0 Å². The maximum atomic E-state index is 10.1. The van der Waals surface area contributed by atoms with Crippen LogP contribution in [0.5, 0.6) is 0 Å². The molecular formula is C7H9N5O3. The van der Waals surface area contributed by atoms with Gasteiger partial charge in [-0.05, 0) is 0 Å². The third kappa shape index (κ3) is 3.51. The fourth-order valence-corrected chi connectivity index (χ4v) is 0.943. The predicted molar refractivity (Wildman–Crippen MR) is 52.4 cm³/mol. The van der Waals surface area contributed by atoms with Gasteiger partial charge in [0.05, 0.1) is 0 Å². The minimum absolute atomic E-state index is 0.0550. The van der Waals surface area contributed by atoms with E-state index in [0.717, 1.165) is 0 Å². The Kier molecular flexibility index (Phi) is 3.91. The molecule has 15 heavy (non-hydrogen) atoms. The molecule has 0 aromatic carbocycles. The Labute approximate surface area is 85.7 Å². The summed E-state index contributed by atoms with van der Waals surface area (Å²) in [5.41, 5.74) is 0. The standard InChI is InChI=1S/C7H9N5O3/c1-2-5-15-9-6-11-4-3-8-7(11)10-12(13)14/h1,6H,3-5H2,(H,8,10). The van der Waals surface area contributed by atoms with Gasteiger partial charge in [-0.1, -0.05) is 11.1 Å². The Morgan fingerprint density at radius 3 is 3.33 bits per heavy atom. The highest BCUT2D eigenvalue weighted by Gasteiger charge is 2.19. The number of hydrogen-bond donors (Lipinski definition) is 1. The summed E-state index contributed by atoms with van der Waals surface area (Å²) in [4.78, 5) is 16.2. The van der Waals surface area contributed by atoms with E-state index in [4.69, 9.17) is 6.42 Å². The van der Waals surface area contributed by atoms with E-state index < -0.39 is 5.03 Å². The monoisotopic (exact) mass is 211 g/mol. The minimum atomic E-state index is -0.781. The average molecular weight is 211 g/mol. The molecular weight excluding hydrogens is 202 g/mol. The van der Waals surface area contributed by atoms with Gasteiger partial charge in [0, 0.05) is 13.1 Å². The van der Waals surface area contributed by atoms with Gasteiger partial charge < -0.3 is 10.2 Å². The van der Waals surface area contributed by atoms with E-state index in [1.165, 1.54) is 11.2 Å². The van der Waals surface area contributed by atoms with Crippen LogP contribution in [0.2, 0.25) is 0 Å². The van der Waals surface area contributed by atoms with Crippen LogP contribution in [0.15, 0.2) is 10.3 Å². The molecule has 1 rings (SSSR count).